The number of piperidine rings is 1. The smallest absolute Gasteiger partial charge is 0.228 e. The largest absolute Gasteiger partial charge is 0.370 e. The molecular weight excluding hydrogens is 404 g/mol. The molecule has 0 radical (unpaired) electrons. The summed E-state index contributed by atoms with van der Waals surface area (Å²) >= 11 is 4.51. The molecule has 0 atom stereocenters. The molecule has 0 spiro atoms. The van der Waals surface area contributed by atoms with Crippen molar-refractivity contribution >= 4 is 56.2 Å². The van der Waals surface area contributed by atoms with Crippen LogP contribution in [0.3, 0.4) is 0 Å². The number of nitrogens with zero attached hydrogens (tertiary/aromatic N) is 5. The number of pyridine rings is 2. The molecule has 1 aliphatic heterocycles. The fourth-order valence-corrected chi connectivity index (χ4v) is 3.75. The van der Waals surface area contributed by atoms with Gasteiger partial charge in [0.1, 0.15) is 11.3 Å². The van der Waals surface area contributed by atoms with E-state index < -0.39 is 0 Å². The standard InChI is InChI=1S/C16H15BrN6OS/c17-11-1-2-13(19-9-11)20-16(24)10-4-7-23(8-5-10)12-3-6-18-15-14(12)21-25-22-15/h1-3,6,9-10H,4-5,7-8H2,(H,19,20,24). The summed E-state index contributed by atoms with van der Waals surface area (Å²) < 4.78 is 9.42. The summed E-state index contributed by atoms with van der Waals surface area (Å²) in [6.45, 7) is 1.62. The third-order valence-electron chi connectivity index (χ3n) is 4.33. The molecule has 1 N–H and O–H groups in total. The molecule has 0 aromatic carbocycles. The second-order valence-corrected chi connectivity index (χ2v) is 7.32. The Morgan fingerprint density at radius 2 is 2.04 bits per heavy atom. The van der Waals surface area contributed by atoms with Crippen molar-refractivity contribution in [3.63, 3.8) is 0 Å². The van der Waals surface area contributed by atoms with Crippen LogP contribution in [-0.4, -0.2) is 37.7 Å². The highest BCUT2D eigenvalue weighted by Crippen LogP contribution is 2.28. The Kier molecular flexibility index (Phi) is 4.58. The second kappa shape index (κ2) is 7.01. The van der Waals surface area contributed by atoms with Crippen molar-refractivity contribution in [3.8, 4) is 0 Å². The molecule has 9 heteroatoms. The first-order valence-corrected chi connectivity index (χ1v) is 9.47. The predicted molar refractivity (Wildman–Crippen MR) is 101 cm³/mol. The first-order valence-electron chi connectivity index (χ1n) is 7.95. The Balaban J connectivity index is 1.40. The van der Waals surface area contributed by atoms with E-state index in [-0.39, 0.29) is 11.8 Å². The minimum Gasteiger partial charge on any atom is -0.370 e. The molecule has 0 aliphatic carbocycles. The first-order chi connectivity index (χ1) is 12.2. The fourth-order valence-electron chi connectivity index (χ4n) is 3.00. The maximum absolute atomic E-state index is 12.5. The van der Waals surface area contributed by atoms with Gasteiger partial charge in [0.2, 0.25) is 5.91 Å². The molecular formula is C16H15BrN6OS. The van der Waals surface area contributed by atoms with E-state index in [1.165, 1.54) is 11.7 Å². The summed E-state index contributed by atoms with van der Waals surface area (Å²) in [4.78, 5) is 23.1. The zero-order valence-electron chi connectivity index (χ0n) is 13.2. The van der Waals surface area contributed by atoms with E-state index >= 15 is 0 Å². The lowest BCUT2D eigenvalue weighted by Crippen LogP contribution is -2.38. The van der Waals surface area contributed by atoms with Crippen LogP contribution in [0.15, 0.2) is 35.1 Å². The van der Waals surface area contributed by atoms with Crippen molar-refractivity contribution in [2.45, 2.75) is 12.8 Å². The molecule has 25 heavy (non-hydrogen) atoms. The monoisotopic (exact) mass is 418 g/mol. The minimum absolute atomic E-state index is 0.00687. The van der Waals surface area contributed by atoms with E-state index in [0.717, 1.165) is 41.6 Å². The molecule has 4 heterocycles. The Labute approximate surface area is 156 Å². The molecule has 1 aliphatic rings. The molecule has 0 bridgehead atoms. The van der Waals surface area contributed by atoms with E-state index in [1.807, 2.05) is 12.1 Å². The predicted octanol–water partition coefficient (Wildman–Crippen LogP) is 3.10. The van der Waals surface area contributed by atoms with Gasteiger partial charge in [-0.1, -0.05) is 0 Å². The van der Waals surface area contributed by atoms with Crippen molar-refractivity contribution in [3.05, 3.63) is 35.1 Å². The molecule has 1 fully saturated rings. The highest BCUT2D eigenvalue weighted by molar-refractivity contribution is 9.10. The summed E-state index contributed by atoms with van der Waals surface area (Å²) in [7, 11) is 0. The molecule has 3 aromatic rings. The maximum atomic E-state index is 12.5. The van der Waals surface area contributed by atoms with E-state index in [4.69, 9.17) is 0 Å². The zero-order valence-corrected chi connectivity index (χ0v) is 15.6. The van der Waals surface area contributed by atoms with E-state index in [0.29, 0.717) is 11.5 Å². The van der Waals surface area contributed by atoms with Gasteiger partial charge in [-0.2, -0.15) is 8.75 Å². The van der Waals surface area contributed by atoms with Crippen molar-refractivity contribution < 1.29 is 4.79 Å². The van der Waals surface area contributed by atoms with Crippen LogP contribution in [-0.2, 0) is 4.79 Å². The molecule has 4 rings (SSSR count). The van der Waals surface area contributed by atoms with Gasteiger partial charge in [0.15, 0.2) is 5.65 Å². The van der Waals surface area contributed by atoms with Gasteiger partial charge in [0.25, 0.3) is 0 Å². The second-order valence-electron chi connectivity index (χ2n) is 5.88. The van der Waals surface area contributed by atoms with Gasteiger partial charge in [-0.3, -0.25) is 4.79 Å². The summed E-state index contributed by atoms with van der Waals surface area (Å²) in [5, 5.41) is 2.90. The number of hydrogen-bond acceptors (Lipinski definition) is 7. The molecule has 1 amide bonds. The maximum Gasteiger partial charge on any atom is 0.228 e. The Morgan fingerprint density at radius 3 is 2.80 bits per heavy atom. The van der Waals surface area contributed by atoms with Crippen molar-refractivity contribution in [1.29, 1.82) is 0 Å². The molecule has 3 aromatic heterocycles. The van der Waals surface area contributed by atoms with E-state index in [2.05, 4.69) is 44.9 Å². The van der Waals surface area contributed by atoms with Crippen LogP contribution in [0.2, 0.25) is 0 Å². The van der Waals surface area contributed by atoms with Crippen LogP contribution in [0.25, 0.3) is 11.2 Å². The number of rotatable bonds is 3. The number of carbonyl (C=O) groups is 1. The first kappa shape index (κ1) is 16.3. The van der Waals surface area contributed by atoms with Gasteiger partial charge >= 0.3 is 0 Å². The number of hydrogen-bond donors (Lipinski definition) is 1. The van der Waals surface area contributed by atoms with Crippen LogP contribution in [0, 0.1) is 5.92 Å². The molecule has 7 nitrogen and oxygen atoms in total. The molecule has 128 valence electrons. The summed E-state index contributed by atoms with van der Waals surface area (Å²) in [5.74, 6) is 0.609. The van der Waals surface area contributed by atoms with Gasteiger partial charge in [0, 0.05) is 35.9 Å². The van der Waals surface area contributed by atoms with Crippen LogP contribution in [0.4, 0.5) is 11.5 Å². The average molecular weight is 419 g/mol. The van der Waals surface area contributed by atoms with Gasteiger partial charge in [0.05, 0.1) is 17.4 Å². The SMILES string of the molecule is O=C(Nc1ccc(Br)cn1)C1CCN(c2ccnc3nsnc23)CC1. The van der Waals surface area contributed by atoms with Crippen molar-refractivity contribution in [1.82, 2.24) is 18.7 Å². The van der Waals surface area contributed by atoms with Crippen LogP contribution >= 0.6 is 27.7 Å². The third kappa shape index (κ3) is 3.47. The Bertz CT molecular complexity index is 891. The summed E-state index contributed by atoms with van der Waals surface area (Å²) in [6.07, 6.45) is 5.03. The number of amides is 1. The number of carbonyl (C=O) groups excluding carboxylic acids is 1. The fraction of sp³-hybridized carbons (Fsp3) is 0.312. The highest BCUT2D eigenvalue weighted by atomic mass is 79.9. The number of fused-ring (bicyclic) bond motifs is 1. The van der Waals surface area contributed by atoms with Gasteiger partial charge in [-0.05, 0) is 47.0 Å². The number of halogens is 1. The molecule has 0 saturated carbocycles. The molecule has 1 saturated heterocycles. The number of anilines is 2. The Hall–Kier alpha value is -2.13. The summed E-state index contributed by atoms with van der Waals surface area (Å²) in [5.41, 5.74) is 2.57. The van der Waals surface area contributed by atoms with Crippen LogP contribution in [0.1, 0.15) is 12.8 Å². The van der Waals surface area contributed by atoms with E-state index in [9.17, 15) is 4.79 Å². The number of aromatic nitrogens is 4. The average Bonchev–Trinajstić information content (AvgIpc) is 3.12. The number of nitrogens with one attached hydrogen (secondary N) is 1. The lowest BCUT2D eigenvalue weighted by atomic mass is 9.95. The van der Waals surface area contributed by atoms with Gasteiger partial charge < -0.3 is 10.2 Å². The lowest BCUT2D eigenvalue weighted by Gasteiger charge is -2.32. The Morgan fingerprint density at radius 1 is 1.20 bits per heavy atom. The van der Waals surface area contributed by atoms with Crippen LogP contribution in [0.5, 0.6) is 0 Å². The topological polar surface area (TPSA) is 83.9 Å². The van der Waals surface area contributed by atoms with E-state index in [1.54, 1.807) is 18.5 Å². The zero-order chi connectivity index (χ0) is 17.2. The lowest BCUT2D eigenvalue weighted by molar-refractivity contribution is -0.120. The highest BCUT2D eigenvalue weighted by Gasteiger charge is 2.26. The third-order valence-corrected chi connectivity index (χ3v) is 5.32. The quantitative estimate of drug-likeness (QED) is 0.703. The van der Waals surface area contributed by atoms with Crippen LogP contribution < -0.4 is 10.2 Å². The van der Waals surface area contributed by atoms with Gasteiger partial charge in [-0.25, -0.2) is 9.97 Å². The van der Waals surface area contributed by atoms with Crippen molar-refractivity contribution in [2.24, 2.45) is 5.92 Å². The summed E-state index contributed by atoms with van der Waals surface area (Å²) in [6, 6.07) is 5.62. The normalized spacial score (nSPS) is 15.5. The molecule has 0 unspecified atom stereocenters. The van der Waals surface area contributed by atoms with Gasteiger partial charge in [-0.15, -0.1) is 0 Å². The van der Waals surface area contributed by atoms with Crippen molar-refractivity contribution in [2.75, 3.05) is 23.3 Å². The minimum atomic E-state index is -0.00687.